The third-order valence-corrected chi connectivity index (χ3v) is 6.54. The molecular formula is C26H25N3OS. The fourth-order valence-corrected chi connectivity index (χ4v) is 4.62. The van der Waals surface area contributed by atoms with Crippen LogP contribution in [0.3, 0.4) is 0 Å². The lowest BCUT2D eigenvalue weighted by atomic mass is 10.0. The fourth-order valence-electron chi connectivity index (χ4n) is 4.03. The molecule has 2 heterocycles. The summed E-state index contributed by atoms with van der Waals surface area (Å²) in [7, 11) is 0. The number of aromatic nitrogens is 2. The number of carbonyl (C=O) groups excluding carboxylic acids is 1. The summed E-state index contributed by atoms with van der Waals surface area (Å²) in [6.07, 6.45) is 2.10. The summed E-state index contributed by atoms with van der Waals surface area (Å²) >= 11 is 1.52. The maximum atomic E-state index is 13.3. The van der Waals surface area contributed by atoms with Crippen LogP contribution in [0.2, 0.25) is 0 Å². The molecule has 0 unspecified atom stereocenters. The average Bonchev–Trinajstić information content (AvgIpc) is 3.50. The largest absolute Gasteiger partial charge is 0.330 e. The molecule has 0 saturated heterocycles. The average molecular weight is 428 g/mol. The number of pyridine rings is 1. The van der Waals surface area contributed by atoms with Crippen LogP contribution in [-0.4, -0.2) is 26.8 Å². The molecule has 5 heteroatoms. The maximum Gasteiger partial charge on any atom is 0.273 e. The molecule has 0 bridgehead atoms. The van der Waals surface area contributed by atoms with Gasteiger partial charge in [-0.25, -0.2) is 9.97 Å². The summed E-state index contributed by atoms with van der Waals surface area (Å²) in [5.41, 5.74) is 7.05. The van der Waals surface area contributed by atoms with Gasteiger partial charge in [-0.1, -0.05) is 35.9 Å². The molecule has 31 heavy (non-hydrogen) atoms. The second-order valence-electron chi connectivity index (χ2n) is 8.48. The van der Waals surface area contributed by atoms with E-state index in [1.54, 1.807) is 0 Å². The Labute approximate surface area is 186 Å². The second kappa shape index (κ2) is 7.89. The third kappa shape index (κ3) is 4.10. The number of amides is 1. The Bertz CT molecular complexity index is 1290. The molecule has 0 atom stereocenters. The third-order valence-electron chi connectivity index (χ3n) is 5.77. The summed E-state index contributed by atoms with van der Waals surface area (Å²) in [4.78, 5) is 24.8. The highest BCUT2D eigenvalue weighted by atomic mass is 32.1. The molecule has 2 aromatic carbocycles. The molecule has 156 valence electrons. The van der Waals surface area contributed by atoms with E-state index < -0.39 is 0 Å². The SMILES string of the molecule is Cc1cccc(-c2nc3cc(C)ccc3cc2CN(C(=O)c2csc(C)n2)C2CC2)c1. The summed E-state index contributed by atoms with van der Waals surface area (Å²) in [5, 5.41) is 3.89. The Morgan fingerprint density at radius 2 is 1.84 bits per heavy atom. The van der Waals surface area contributed by atoms with Gasteiger partial charge in [0.15, 0.2) is 0 Å². The zero-order valence-electron chi connectivity index (χ0n) is 18.1. The quantitative estimate of drug-likeness (QED) is 0.387. The van der Waals surface area contributed by atoms with Gasteiger partial charge >= 0.3 is 0 Å². The molecule has 0 radical (unpaired) electrons. The van der Waals surface area contributed by atoms with Crippen molar-refractivity contribution >= 4 is 28.1 Å². The number of nitrogens with zero attached hydrogens (tertiary/aromatic N) is 3. The van der Waals surface area contributed by atoms with Crippen LogP contribution in [0.1, 0.15) is 45.0 Å². The zero-order valence-corrected chi connectivity index (χ0v) is 18.9. The molecule has 0 N–H and O–H groups in total. The Balaban J connectivity index is 1.61. The monoisotopic (exact) mass is 427 g/mol. The Morgan fingerprint density at radius 1 is 1.03 bits per heavy atom. The predicted molar refractivity (Wildman–Crippen MR) is 126 cm³/mol. The van der Waals surface area contributed by atoms with Gasteiger partial charge in [0, 0.05) is 28.9 Å². The normalized spacial score (nSPS) is 13.5. The summed E-state index contributed by atoms with van der Waals surface area (Å²) in [5.74, 6) is 0.0195. The van der Waals surface area contributed by atoms with Crippen LogP contribution in [0.5, 0.6) is 0 Å². The van der Waals surface area contributed by atoms with Gasteiger partial charge in [-0.3, -0.25) is 4.79 Å². The van der Waals surface area contributed by atoms with Gasteiger partial charge in [-0.15, -0.1) is 11.3 Å². The van der Waals surface area contributed by atoms with E-state index in [0.717, 1.165) is 45.6 Å². The van der Waals surface area contributed by atoms with Crippen molar-refractivity contribution in [1.29, 1.82) is 0 Å². The number of aryl methyl sites for hydroxylation is 3. The highest BCUT2D eigenvalue weighted by Gasteiger charge is 2.34. The molecule has 1 aliphatic rings. The summed E-state index contributed by atoms with van der Waals surface area (Å²) in [6.45, 7) is 6.66. The Hall–Kier alpha value is -3.05. The molecule has 1 aliphatic carbocycles. The number of thiazole rings is 1. The molecule has 0 aliphatic heterocycles. The number of carbonyl (C=O) groups is 1. The van der Waals surface area contributed by atoms with Crippen molar-refractivity contribution in [3.8, 4) is 11.3 Å². The first-order valence-corrected chi connectivity index (χ1v) is 11.6. The molecule has 2 aromatic heterocycles. The van der Waals surface area contributed by atoms with E-state index in [0.29, 0.717) is 12.2 Å². The van der Waals surface area contributed by atoms with Gasteiger partial charge in [0.25, 0.3) is 5.91 Å². The van der Waals surface area contributed by atoms with Gasteiger partial charge in [0.1, 0.15) is 5.69 Å². The first-order valence-electron chi connectivity index (χ1n) is 10.7. The van der Waals surface area contributed by atoms with Crippen LogP contribution in [0.15, 0.2) is 53.9 Å². The van der Waals surface area contributed by atoms with Gasteiger partial charge < -0.3 is 4.90 Å². The first kappa shape index (κ1) is 19.9. The van der Waals surface area contributed by atoms with Crippen molar-refractivity contribution in [2.24, 2.45) is 0 Å². The minimum atomic E-state index is 0.0195. The Morgan fingerprint density at radius 3 is 2.55 bits per heavy atom. The van der Waals surface area contributed by atoms with Crippen molar-refractivity contribution < 1.29 is 4.79 Å². The minimum Gasteiger partial charge on any atom is -0.330 e. The van der Waals surface area contributed by atoms with Crippen molar-refractivity contribution in [2.45, 2.75) is 46.2 Å². The number of hydrogen-bond donors (Lipinski definition) is 0. The van der Waals surface area contributed by atoms with Crippen LogP contribution in [0.25, 0.3) is 22.2 Å². The maximum absolute atomic E-state index is 13.3. The zero-order chi connectivity index (χ0) is 21.5. The van der Waals surface area contributed by atoms with Gasteiger partial charge in [-0.05, 0) is 62.9 Å². The molecular weight excluding hydrogens is 402 g/mol. The van der Waals surface area contributed by atoms with Gasteiger partial charge in [0.05, 0.1) is 16.2 Å². The number of hydrogen-bond acceptors (Lipinski definition) is 4. The van der Waals surface area contributed by atoms with Gasteiger partial charge in [0.2, 0.25) is 0 Å². The smallest absolute Gasteiger partial charge is 0.273 e. The molecule has 1 fully saturated rings. The molecule has 4 aromatic rings. The molecule has 0 spiro atoms. The molecule has 1 saturated carbocycles. The lowest BCUT2D eigenvalue weighted by Crippen LogP contribution is -2.33. The van der Waals surface area contributed by atoms with Crippen LogP contribution in [0.4, 0.5) is 0 Å². The van der Waals surface area contributed by atoms with E-state index in [4.69, 9.17) is 4.98 Å². The molecule has 4 nitrogen and oxygen atoms in total. The first-order chi connectivity index (χ1) is 15.0. The highest BCUT2D eigenvalue weighted by Crippen LogP contribution is 2.33. The number of benzene rings is 2. The van der Waals surface area contributed by atoms with E-state index in [2.05, 4.69) is 67.4 Å². The van der Waals surface area contributed by atoms with Crippen molar-refractivity contribution in [2.75, 3.05) is 0 Å². The minimum absolute atomic E-state index is 0.0195. The van der Waals surface area contributed by atoms with Gasteiger partial charge in [-0.2, -0.15) is 0 Å². The molecule has 5 rings (SSSR count). The van der Waals surface area contributed by atoms with Crippen molar-refractivity contribution in [3.05, 3.63) is 81.3 Å². The second-order valence-corrected chi connectivity index (χ2v) is 9.54. The van der Waals surface area contributed by atoms with E-state index in [-0.39, 0.29) is 11.9 Å². The summed E-state index contributed by atoms with van der Waals surface area (Å²) < 4.78 is 0. The standard InChI is InChI=1S/C26H25N3OS/c1-16-5-4-6-20(11-16)25-21(13-19-8-7-17(2)12-23(19)28-25)14-29(22-9-10-22)26(30)24-15-31-18(3)27-24/h4-8,11-13,15,22H,9-10,14H2,1-3H3. The Kier molecular flexibility index (Phi) is 5.06. The fraction of sp³-hybridized carbons (Fsp3) is 0.269. The lowest BCUT2D eigenvalue weighted by molar-refractivity contribution is 0.0725. The highest BCUT2D eigenvalue weighted by molar-refractivity contribution is 7.09. The van der Waals surface area contributed by atoms with E-state index in [1.807, 2.05) is 17.2 Å². The lowest BCUT2D eigenvalue weighted by Gasteiger charge is -2.23. The van der Waals surface area contributed by atoms with Crippen LogP contribution in [-0.2, 0) is 6.54 Å². The van der Waals surface area contributed by atoms with Crippen molar-refractivity contribution in [3.63, 3.8) is 0 Å². The van der Waals surface area contributed by atoms with E-state index >= 15 is 0 Å². The van der Waals surface area contributed by atoms with E-state index in [1.165, 1.54) is 22.5 Å². The van der Waals surface area contributed by atoms with Crippen molar-refractivity contribution in [1.82, 2.24) is 14.9 Å². The molecule has 1 amide bonds. The van der Waals surface area contributed by atoms with Crippen LogP contribution >= 0.6 is 11.3 Å². The topological polar surface area (TPSA) is 46.1 Å². The van der Waals surface area contributed by atoms with E-state index in [9.17, 15) is 4.79 Å². The summed E-state index contributed by atoms with van der Waals surface area (Å²) in [6, 6.07) is 17.3. The number of fused-ring (bicyclic) bond motifs is 1. The number of rotatable bonds is 5. The predicted octanol–water partition coefficient (Wildman–Crippen LogP) is 6.09. The van der Waals surface area contributed by atoms with Crippen LogP contribution in [0, 0.1) is 20.8 Å². The van der Waals surface area contributed by atoms with Crippen LogP contribution < -0.4 is 0 Å².